The van der Waals surface area contributed by atoms with Gasteiger partial charge in [0.25, 0.3) is 0 Å². The Kier molecular flexibility index (Phi) is 5.32. The van der Waals surface area contributed by atoms with Crippen LogP contribution in [0.1, 0.15) is 29.8 Å². The molecule has 0 saturated carbocycles. The van der Waals surface area contributed by atoms with Crippen LogP contribution in [0.4, 0.5) is 0 Å². The maximum absolute atomic E-state index is 13.2. The van der Waals surface area contributed by atoms with E-state index in [-0.39, 0.29) is 22.5 Å². The van der Waals surface area contributed by atoms with Gasteiger partial charge in [0.1, 0.15) is 5.75 Å². The summed E-state index contributed by atoms with van der Waals surface area (Å²) in [5.74, 6) is -2.05. The number of allylic oxidation sites excluding steroid dienone is 4. The lowest BCUT2D eigenvalue weighted by atomic mass is 9.92. The molecule has 0 aromatic heterocycles. The molecule has 7 nitrogen and oxygen atoms in total. The summed E-state index contributed by atoms with van der Waals surface area (Å²) in [6.45, 7) is 5.41. The van der Waals surface area contributed by atoms with Crippen LogP contribution in [0.15, 0.2) is 52.2 Å². The summed E-state index contributed by atoms with van der Waals surface area (Å²) in [4.78, 5) is 39.5. The number of hydrogen-bond donors (Lipinski definition) is 1. The minimum Gasteiger partial charge on any atom is -0.507 e. The van der Waals surface area contributed by atoms with Crippen LogP contribution in [0, 0.1) is 6.92 Å². The van der Waals surface area contributed by atoms with Gasteiger partial charge in [-0.15, -0.1) is 0 Å². The van der Waals surface area contributed by atoms with Crippen molar-refractivity contribution in [1.82, 2.24) is 4.90 Å². The molecule has 3 rings (SSSR count). The first-order chi connectivity index (χ1) is 13.7. The predicted octanol–water partition coefficient (Wildman–Crippen LogP) is 3.05. The van der Waals surface area contributed by atoms with Crippen molar-refractivity contribution in [1.29, 1.82) is 0 Å². The predicted molar refractivity (Wildman–Crippen MR) is 108 cm³/mol. The molecule has 0 bridgehead atoms. The second-order valence-corrected chi connectivity index (χ2v) is 8.14. The van der Waals surface area contributed by atoms with Crippen molar-refractivity contribution in [2.24, 2.45) is 0 Å². The number of Topliss-reactive ketones (excluding diaryl/α,β-unsaturated/α-hetero) is 1. The fourth-order valence-electron chi connectivity index (χ4n) is 3.36. The van der Waals surface area contributed by atoms with E-state index < -0.39 is 22.6 Å². The van der Waals surface area contributed by atoms with Crippen molar-refractivity contribution >= 4 is 29.5 Å². The third-order valence-electron chi connectivity index (χ3n) is 4.97. The van der Waals surface area contributed by atoms with Crippen LogP contribution < -0.4 is 0 Å². The number of hydrogen-bond acceptors (Lipinski definition) is 8. The molecule has 2 aliphatic heterocycles. The number of thioether (sulfide) groups is 1. The van der Waals surface area contributed by atoms with E-state index in [1.807, 2.05) is 6.92 Å². The fraction of sp³-hybridized carbons (Fsp3) is 0.286. The van der Waals surface area contributed by atoms with E-state index in [2.05, 4.69) is 0 Å². The Hall–Kier alpha value is -3.00. The number of ketones is 1. The molecule has 1 aromatic rings. The standard InChI is InChI=1S/C21H21NO6S/c1-11-6-7-17(23)15(8-11)18(24)14-9-16(19(25)27-4)21(20(26)28-5)22(10-14)12(2)13(3)29-21/h6-10,23H,1-5H3. The zero-order valence-electron chi connectivity index (χ0n) is 16.7. The smallest absolute Gasteiger partial charge is 0.348 e. The quantitative estimate of drug-likeness (QED) is 0.593. The third-order valence-corrected chi connectivity index (χ3v) is 6.45. The molecule has 1 atom stereocenters. The number of fused-ring (bicyclic) bond motifs is 1. The van der Waals surface area contributed by atoms with Gasteiger partial charge in [-0.2, -0.15) is 0 Å². The SMILES string of the molecule is COC(=O)C1=CC(C(=O)c2cc(C)ccc2O)=CN2C(C)=C(C)SC12C(=O)OC. The molecule has 8 heteroatoms. The zero-order chi connectivity index (χ0) is 21.5. The van der Waals surface area contributed by atoms with Crippen molar-refractivity contribution < 1.29 is 29.0 Å². The molecule has 0 spiro atoms. The van der Waals surface area contributed by atoms with Gasteiger partial charge in [0.05, 0.1) is 25.4 Å². The number of rotatable bonds is 4. The van der Waals surface area contributed by atoms with Gasteiger partial charge in [0.2, 0.25) is 4.87 Å². The highest BCUT2D eigenvalue weighted by molar-refractivity contribution is 8.05. The number of carbonyl (C=O) groups is 3. The maximum Gasteiger partial charge on any atom is 0.348 e. The summed E-state index contributed by atoms with van der Waals surface area (Å²) in [7, 11) is 2.44. The monoisotopic (exact) mass is 415 g/mol. The molecule has 0 amide bonds. The van der Waals surface area contributed by atoms with Crippen molar-refractivity contribution in [2.45, 2.75) is 25.6 Å². The van der Waals surface area contributed by atoms with Gasteiger partial charge in [0.15, 0.2) is 5.78 Å². The summed E-state index contributed by atoms with van der Waals surface area (Å²) in [5.41, 5.74) is 1.72. The van der Waals surface area contributed by atoms with E-state index in [1.54, 1.807) is 30.9 Å². The number of phenols is 1. The lowest BCUT2D eigenvalue weighted by Crippen LogP contribution is -2.52. The van der Waals surface area contributed by atoms with Gasteiger partial charge >= 0.3 is 11.9 Å². The average molecular weight is 415 g/mol. The lowest BCUT2D eigenvalue weighted by Gasteiger charge is -2.38. The molecule has 0 aliphatic carbocycles. The Morgan fingerprint density at radius 1 is 1.10 bits per heavy atom. The Morgan fingerprint density at radius 2 is 1.79 bits per heavy atom. The van der Waals surface area contributed by atoms with E-state index in [0.717, 1.165) is 22.2 Å². The van der Waals surface area contributed by atoms with Crippen LogP contribution >= 0.6 is 11.8 Å². The minimum absolute atomic E-state index is 0.0222. The van der Waals surface area contributed by atoms with Gasteiger partial charge in [0, 0.05) is 22.4 Å². The Bertz CT molecular complexity index is 1020. The molecule has 0 fully saturated rings. The molecule has 29 heavy (non-hydrogen) atoms. The van der Waals surface area contributed by atoms with E-state index in [0.29, 0.717) is 5.70 Å². The number of ether oxygens (including phenoxy) is 2. The van der Waals surface area contributed by atoms with Gasteiger partial charge in [-0.1, -0.05) is 23.4 Å². The number of methoxy groups -OCH3 is 2. The van der Waals surface area contributed by atoms with Crippen LogP contribution in [0.3, 0.4) is 0 Å². The van der Waals surface area contributed by atoms with Gasteiger partial charge in [-0.3, -0.25) is 4.79 Å². The van der Waals surface area contributed by atoms with Crippen molar-refractivity contribution in [3.05, 3.63) is 63.4 Å². The maximum atomic E-state index is 13.2. The highest BCUT2D eigenvalue weighted by Gasteiger charge is 2.57. The minimum atomic E-state index is -1.51. The first kappa shape index (κ1) is 20.7. The second kappa shape index (κ2) is 7.44. The molecule has 0 saturated heterocycles. The van der Waals surface area contributed by atoms with Crippen molar-refractivity contribution in [3.63, 3.8) is 0 Å². The van der Waals surface area contributed by atoms with Crippen LogP contribution in [0.5, 0.6) is 5.75 Å². The topological polar surface area (TPSA) is 93.1 Å². The lowest BCUT2D eigenvalue weighted by molar-refractivity contribution is -0.149. The molecule has 152 valence electrons. The number of phenolic OH excluding ortho intramolecular Hbond substituents is 1. The molecule has 2 aliphatic rings. The summed E-state index contributed by atoms with van der Waals surface area (Å²) in [6.07, 6.45) is 2.84. The molecular weight excluding hydrogens is 394 g/mol. The molecule has 1 unspecified atom stereocenters. The number of esters is 2. The Morgan fingerprint density at radius 3 is 2.41 bits per heavy atom. The largest absolute Gasteiger partial charge is 0.507 e. The molecular formula is C21H21NO6S. The van der Waals surface area contributed by atoms with Gasteiger partial charge in [-0.25, -0.2) is 9.59 Å². The fourth-order valence-corrected chi connectivity index (χ4v) is 4.76. The first-order valence-electron chi connectivity index (χ1n) is 8.78. The summed E-state index contributed by atoms with van der Waals surface area (Å²) >= 11 is 1.16. The zero-order valence-corrected chi connectivity index (χ0v) is 17.5. The first-order valence-corrected chi connectivity index (χ1v) is 9.59. The third kappa shape index (κ3) is 3.13. The normalized spacial score (nSPS) is 20.7. The summed E-state index contributed by atoms with van der Waals surface area (Å²) in [6, 6.07) is 4.70. The molecule has 1 N–H and O–H groups in total. The number of aryl methyl sites for hydroxylation is 1. The summed E-state index contributed by atoms with van der Waals surface area (Å²) in [5, 5.41) is 10.2. The van der Waals surface area contributed by atoms with Crippen LogP contribution in [0.25, 0.3) is 0 Å². The van der Waals surface area contributed by atoms with Gasteiger partial charge < -0.3 is 19.5 Å². The number of aromatic hydroxyl groups is 1. The van der Waals surface area contributed by atoms with E-state index in [1.165, 1.54) is 32.6 Å². The second-order valence-electron chi connectivity index (χ2n) is 6.73. The number of benzene rings is 1. The van der Waals surface area contributed by atoms with Crippen LogP contribution in [-0.2, 0) is 19.1 Å². The molecule has 0 radical (unpaired) electrons. The molecule has 2 heterocycles. The Labute approximate surface area is 172 Å². The summed E-state index contributed by atoms with van der Waals surface area (Å²) < 4.78 is 9.90. The van der Waals surface area contributed by atoms with Crippen LogP contribution in [-0.4, -0.2) is 46.8 Å². The highest BCUT2D eigenvalue weighted by atomic mass is 32.2. The number of carbonyl (C=O) groups excluding carboxylic acids is 3. The van der Waals surface area contributed by atoms with Crippen molar-refractivity contribution in [2.75, 3.05) is 14.2 Å². The van der Waals surface area contributed by atoms with Crippen molar-refractivity contribution in [3.8, 4) is 5.75 Å². The van der Waals surface area contributed by atoms with Crippen LogP contribution in [0.2, 0.25) is 0 Å². The van der Waals surface area contributed by atoms with E-state index >= 15 is 0 Å². The van der Waals surface area contributed by atoms with E-state index in [4.69, 9.17) is 9.47 Å². The Balaban J connectivity index is 2.21. The molecule has 1 aromatic carbocycles. The average Bonchev–Trinajstić information content (AvgIpc) is 2.98. The van der Waals surface area contributed by atoms with E-state index in [9.17, 15) is 19.5 Å². The highest BCUT2D eigenvalue weighted by Crippen LogP contribution is 2.53. The van der Waals surface area contributed by atoms with Gasteiger partial charge in [-0.05, 0) is 39.0 Å². The number of nitrogens with zero attached hydrogens (tertiary/aromatic N) is 1.